The van der Waals surface area contributed by atoms with Gasteiger partial charge in [0.05, 0.1) is 11.3 Å². The van der Waals surface area contributed by atoms with Crippen LogP contribution in [-0.4, -0.2) is 11.1 Å². The number of carbonyl (C=O) groups is 1. The fourth-order valence-electron chi connectivity index (χ4n) is 2.86. The number of allylic oxidation sites excluding steroid dienone is 2. The summed E-state index contributed by atoms with van der Waals surface area (Å²) in [6.07, 6.45) is 3.02. The summed E-state index contributed by atoms with van der Waals surface area (Å²) in [5.74, 6) is -0.336. The monoisotopic (exact) mass is 378 g/mol. The Bertz CT molecular complexity index is 1080. The van der Waals surface area contributed by atoms with Crippen LogP contribution in [0.5, 0.6) is 0 Å². The molecule has 3 rings (SSSR count). The van der Waals surface area contributed by atoms with Crippen molar-refractivity contribution in [2.24, 2.45) is 0 Å². The summed E-state index contributed by atoms with van der Waals surface area (Å²) in [6, 6.07) is 11.6. The fraction of sp³-hybridized carbons (Fsp3) is 0.0909. The first kappa shape index (κ1) is 18.7. The highest BCUT2D eigenvalue weighted by molar-refractivity contribution is 6.35. The zero-order valence-corrected chi connectivity index (χ0v) is 15.9. The normalized spacial score (nSPS) is 11.4. The summed E-state index contributed by atoms with van der Waals surface area (Å²) in [7, 11) is 0. The molecule has 0 saturated carbocycles. The first-order valence-corrected chi connectivity index (χ1v) is 8.74. The molecule has 5 heteroatoms. The van der Waals surface area contributed by atoms with Gasteiger partial charge in [0.1, 0.15) is 0 Å². The van der Waals surface area contributed by atoms with Crippen molar-refractivity contribution < 1.29 is 9.32 Å². The molecule has 0 bridgehead atoms. The first-order valence-electron chi connectivity index (χ1n) is 8.36. The Balaban J connectivity index is 1.86. The summed E-state index contributed by atoms with van der Waals surface area (Å²) in [4.78, 5) is 12.3. The predicted octanol–water partition coefficient (Wildman–Crippen LogP) is 5.92. The number of aryl methyl sites for hydroxylation is 2. The van der Waals surface area contributed by atoms with Crippen LogP contribution in [0.2, 0.25) is 0 Å². The van der Waals surface area contributed by atoms with Crippen molar-refractivity contribution in [2.45, 2.75) is 13.8 Å². The smallest absolute Gasteiger partial charge is 0.257 e. The number of amides is 1. The Morgan fingerprint density at radius 1 is 1.22 bits per heavy atom. The van der Waals surface area contributed by atoms with Gasteiger partial charge in [-0.1, -0.05) is 48.1 Å². The van der Waals surface area contributed by atoms with Crippen molar-refractivity contribution in [2.75, 3.05) is 5.32 Å². The van der Waals surface area contributed by atoms with Gasteiger partial charge in [0.15, 0.2) is 5.58 Å². The average molecular weight is 379 g/mol. The van der Waals surface area contributed by atoms with Gasteiger partial charge in [0.25, 0.3) is 5.91 Å². The minimum atomic E-state index is -0.336. The standard InChI is InChI=1S/C22H19ClN2O2/c1-5-6-18(14(3)23)22(26)24-17-9-7-16(8-10-17)19-12-21-20(11-13(19)2)15(4)25-27-21/h5-12H,1,3H2,2,4H3,(H,24,26)/b18-6+. The van der Waals surface area contributed by atoms with Gasteiger partial charge in [0.2, 0.25) is 0 Å². The molecule has 0 atom stereocenters. The summed E-state index contributed by atoms with van der Waals surface area (Å²) < 4.78 is 5.37. The molecule has 0 fully saturated rings. The Labute approximate surface area is 162 Å². The quantitative estimate of drug-likeness (QED) is 0.443. The maximum absolute atomic E-state index is 12.3. The van der Waals surface area contributed by atoms with Gasteiger partial charge in [-0.2, -0.15) is 0 Å². The fourth-order valence-corrected chi connectivity index (χ4v) is 3.01. The Morgan fingerprint density at radius 3 is 2.56 bits per heavy atom. The molecule has 0 aliphatic heterocycles. The Hall–Kier alpha value is -3.11. The molecule has 2 aromatic carbocycles. The number of carbonyl (C=O) groups excluding carboxylic acids is 1. The number of rotatable bonds is 5. The molecule has 1 N–H and O–H groups in total. The lowest BCUT2D eigenvalue weighted by Crippen LogP contribution is -2.14. The molecule has 1 amide bonds. The molecular formula is C22H19ClN2O2. The lowest BCUT2D eigenvalue weighted by atomic mass is 9.98. The van der Waals surface area contributed by atoms with E-state index in [-0.39, 0.29) is 16.5 Å². The molecule has 136 valence electrons. The third-order valence-electron chi connectivity index (χ3n) is 4.27. The van der Waals surface area contributed by atoms with Gasteiger partial charge in [-0.3, -0.25) is 4.79 Å². The average Bonchev–Trinajstić information content (AvgIpc) is 2.99. The number of fused-ring (bicyclic) bond motifs is 1. The van der Waals surface area contributed by atoms with Crippen LogP contribution < -0.4 is 5.32 Å². The molecule has 0 saturated heterocycles. The minimum Gasteiger partial charge on any atom is -0.356 e. The van der Waals surface area contributed by atoms with Crippen LogP contribution in [0.3, 0.4) is 0 Å². The molecule has 0 unspecified atom stereocenters. The number of nitrogens with zero attached hydrogens (tertiary/aromatic N) is 1. The number of hydrogen-bond donors (Lipinski definition) is 1. The molecule has 4 nitrogen and oxygen atoms in total. The summed E-state index contributed by atoms with van der Waals surface area (Å²) >= 11 is 5.87. The van der Waals surface area contributed by atoms with E-state index in [2.05, 4.69) is 36.6 Å². The number of hydrogen-bond acceptors (Lipinski definition) is 3. The number of benzene rings is 2. The summed E-state index contributed by atoms with van der Waals surface area (Å²) in [5.41, 5.74) is 5.76. The lowest BCUT2D eigenvalue weighted by molar-refractivity contribution is -0.112. The number of nitrogens with one attached hydrogen (secondary N) is 1. The topological polar surface area (TPSA) is 55.1 Å². The van der Waals surface area contributed by atoms with Crippen molar-refractivity contribution in [3.05, 3.63) is 83.6 Å². The molecule has 1 heterocycles. The van der Waals surface area contributed by atoms with Gasteiger partial charge in [-0.25, -0.2) is 0 Å². The van der Waals surface area contributed by atoms with Crippen LogP contribution in [0.25, 0.3) is 22.1 Å². The lowest BCUT2D eigenvalue weighted by Gasteiger charge is -2.10. The van der Waals surface area contributed by atoms with Gasteiger partial charge < -0.3 is 9.84 Å². The molecule has 0 radical (unpaired) electrons. The number of halogens is 1. The van der Waals surface area contributed by atoms with Crippen LogP contribution in [0.15, 0.2) is 76.8 Å². The van der Waals surface area contributed by atoms with Crippen LogP contribution in [-0.2, 0) is 4.79 Å². The second kappa shape index (κ2) is 7.64. The van der Waals surface area contributed by atoms with E-state index in [1.807, 2.05) is 37.3 Å². The Kier molecular flexibility index (Phi) is 5.28. The van der Waals surface area contributed by atoms with Gasteiger partial charge in [-0.05, 0) is 60.9 Å². The molecule has 0 spiro atoms. The molecule has 0 aliphatic carbocycles. The van der Waals surface area contributed by atoms with E-state index in [4.69, 9.17) is 16.1 Å². The zero-order valence-electron chi connectivity index (χ0n) is 15.2. The minimum absolute atomic E-state index is 0.162. The van der Waals surface area contributed by atoms with Gasteiger partial charge in [-0.15, -0.1) is 0 Å². The molecule has 0 aliphatic rings. The van der Waals surface area contributed by atoms with E-state index >= 15 is 0 Å². The van der Waals surface area contributed by atoms with E-state index in [0.717, 1.165) is 33.4 Å². The van der Waals surface area contributed by atoms with Crippen molar-refractivity contribution >= 4 is 34.2 Å². The van der Waals surface area contributed by atoms with Crippen molar-refractivity contribution in [3.8, 4) is 11.1 Å². The summed E-state index contributed by atoms with van der Waals surface area (Å²) in [5, 5.41) is 8.00. The van der Waals surface area contributed by atoms with Crippen LogP contribution in [0.1, 0.15) is 11.3 Å². The van der Waals surface area contributed by atoms with Crippen molar-refractivity contribution in [3.63, 3.8) is 0 Å². The van der Waals surface area contributed by atoms with Crippen LogP contribution >= 0.6 is 11.6 Å². The van der Waals surface area contributed by atoms with E-state index in [9.17, 15) is 4.79 Å². The predicted molar refractivity (Wildman–Crippen MR) is 111 cm³/mol. The Morgan fingerprint density at radius 2 is 1.93 bits per heavy atom. The molecule has 1 aromatic heterocycles. The SMILES string of the molecule is C=C/C=C(\C(=C)Cl)C(=O)Nc1ccc(-c2cc3onc(C)c3cc2C)cc1. The van der Waals surface area contributed by atoms with Crippen molar-refractivity contribution in [1.82, 2.24) is 5.16 Å². The number of anilines is 1. The first-order chi connectivity index (χ1) is 12.9. The van der Waals surface area contributed by atoms with Crippen LogP contribution in [0, 0.1) is 13.8 Å². The number of aromatic nitrogens is 1. The second-order valence-corrected chi connectivity index (χ2v) is 6.64. The van der Waals surface area contributed by atoms with Crippen molar-refractivity contribution in [1.29, 1.82) is 0 Å². The third kappa shape index (κ3) is 3.86. The molecule has 3 aromatic rings. The largest absolute Gasteiger partial charge is 0.356 e. The van der Waals surface area contributed by atoms with E-state index in [1.54, 1.807) is 0 Å². The molecule has 27 heavy (non-hydrogen) atoms. The molecular weight excluding hydrogens is 360 g/mol. The van der Waals surface area contributed by atoms with Crippen LogP contribution in [0.4, 0.5) is 5.69 Å². The highest BCUT2D eigenvalue weighted by atomic mass is 35.5. The van der Waals surface area contributed by atoms with E-state index < -0.39 is 0 Å². The zero-order chi connectivity index (χ0) is 19.6. The van der Waals surface area contributed by atoms with E-state index in [1.165, 1.54) is 12.2 Å². The second-order valence-electron chi connectivity index (χ2n) is 6.18. The van der Waals surface area contributed by atoms with Gasteiger partial charge in [0, 0.05) is 16.1 Å². The van der Waals surface area contributed by atoms with Gasteiger partial charge >= 0.3 is 0 Å². The maximum Gasteiger partial charge on any atom is 0.257 e. The van der Waals surface area contributed by atoms with E-state index in [0.29, 0.717) is 5.69 Å². The summed E-state index contributed by atoms with van der Waals surface area (Å²) in [6.45, 7) is 11.2. The maximum atomic E-state index is 12.3. The highest BCUT2D eigenvalue weighted by Crippen LogP contribution is 2.30. The highest BCUT2D eigenvalue weighted by Gasteiger charge is 2.12. The third-order valence-corrected chi connectivity index (χ3v) is 4.48.